The molecule has 0 aliphatic carbocycles. The predicted molar refractivity (Wildman–Crippen MR) is 76.1 cm³/mol. The van der Waals surface area contributed by atoms with Crippen LogP contribution in [0.3, 0.4) is 0 Å². The molecule has 110 valence electrons. The molecule has 0 unspecified atom stereocenters. The lowest BCUT2D eigenvalue weighted by Crippen LogP contribution is -2.16. The number of anilines is 1. The molecule has 1 amide bonds. The van der Waals surface area contributed by atoms with E-state index >= 15 is 0 Å². The van der Waals surface area contributed by atoms with E-state index in [0.29, 0.717) is 11.4 Å². The van der Waals surface area contributed by atoms with Gasteiger partial charge in [-0.2, -0.15) is 13.2 Å². The normalized spacial score (nSPS) is 11.3. The summed E-state index contributed by atoms with van der Waals surface area (Å²) in [5.41, 5.74) is -0.266. The van der Waals surface area contributed by atoms with Crippen molar-refractivity contribution in [1.82, 2.24) is 4.98 Å². The van der Waals surface area contributed by atoms with Crippen LogP contribution in [0.25, 0.3) is 0 Å². The van der Waals surface area contributed by atoms with Gasteiger partial charge in [0.15, 0.2) is 0 Å². The van der Waals surface area contributed by atoms with Crippen LogP contribution < -0.4 is 5.32 Å². The smallest absolute Gasteiger partial charge is 0.306 e. The van der Waals surface area contributed by atoms with E-state index in [1.807, 2.05) is 0 Å². The summed E-state index contributed by atoms with van der Waals surface area (Å²) in [6.45, 7) is 1.74. The molecule has 0 atom stereocenters. The van der Waals surface area contributed by atoms with Gasteiger partial charge in [-0.1, -0.05) is 6.07 Å². The van der Waals surface area contributed by atoms with E-state index in [-0.39, 0.29) is 10.0 Å². The zero-order valence-corrected chi connectivity index (χ0v) is 12.4. The summed E-state index contributed by atoms with van der Waals surface area (Å²) >= 11 is 3.08. The molecule has 0 aliphatic heterocycles. The van der Waals surface area contributed by atoms with Gasteiger partial charge in [0.2, 0.25) is 0 Å². The van der Waals surface area contributed by atoms with Gasteiger partial charge in [-0.05, 0) is 52.7 Å². The summed E-state index contributed by atoms with van der Waals surface area (Å²) in [6.07, 6.45) is -3.01. The maximum absolute atomic E-state index is 12.7. The maximum atomic E-state index is 12.7. The third-order valence-corrected chi connectivity index (χ3v) is 3.47. The number of pyridine rings is 1. The van der Waals surface area contributed by atoms with Gasteiger partial charge < -0.3 is 5.32 Å². The van der Waals surface area contributed by atoms with Crippen LogP contribution in [0.15, 0.2) is 41.0 Å². The number of hydrogen-bond donors (Lipinski definition) is 1. The highest BCUT2D eigenvalue weighted by Crippen LogP contribution is 2.32. The van der Waals surface area contributed by atoms with Crippen LogP contribution in [0, 0.1) is 6.92 Å². The summed E-state index contributed by atoms with van der Waals surface area (Å²) < 4.78 is 38.4. The number of benzene rings is 1. The molecule has 0 fully saturated rings. The maximum Gasteiger partial charge on any atom is 0.416 e. The number of nitrogens with one attached hydrogen (secondary N) is 1. The number of amides is 1. The molecule has 7 heteroatoms. The third-order valence-electron chi connectivity index (χ3n) is 2.78. The van der Waals surface area contributed by atoms with Crippen LogP contribution in [-0.2, 0) is 6.18 Å². The zero-order valence-electron chi connectivity index (χ0n) is 10.8. The Morgan fingerprint density at radius 3 is 2.62 bits per heavy atom. The average Bonchev–Trinajstić information content (AvgIpc) is 2.40. The quantitative estimate of drug-likeness (QED) is 0.862. The predicted octanol–water partition coefficient (Wildman–Crippen LogP) is 4.42. The molecule has 0 bridgehead atoms. The first kappa shape index (κ1) is 15.5. The van der Waals surface area contributed by atoms with E-state index < -0.39 is 17.6 Å². The minimum absolute atomic E-state index is 0.102. The molecule has 1 aromatic heterocycles. The van der Waals surface area contributed by atoms with Crippen molar-refractivity contribution in [3.8, 4) is 0 Å². The van der Waals surface area contributed by atoms with E-state index in [1.165, 1.54) is 12.3 Å². The lowest BCUT2D eigenvalue weighted by Gasteiger charge is -2.11. The summed E-state index contributed by atoms with van der Waals surface area (Å²) in [5, 5.41) is 2.50. The lowest BCUT2D eigenvalue weighted by molar-refractivity contribution is -0.137. The largest absolute Gasteiger partial charge is 0.416 e. The number of halogens is 4. The third kappa shape index (κ3) is 3.60. The Morgan fingerprint density at radius 2 is 2.00 bits per heavy atom. The number of alkyl halides is 3. The van der Waals surface area contributed by atoms with Gasteiger partial charge in [-0.15, -0.1) is 0 Å². The molecule has 0 saturated carbocycles. The number of carbonyl (C=O) groups is 1. The summed E-state index contributed by atoms with van der Waals surface area (Å²) in [5.74, 6) is -0.346. The van der Waals surface area contributed by atoms with Gasteiger partial charge in [-0.3, -0.25) is 4.79 Å². The van der Waals surface area contributed by atoms with E-state index in [2.05, 4.69) is 26.2 Å². The van der Waals surface area contributed by atoms with Crippen molar-refractivity contribution in [2.45, 2.75) is 13.1 Å². The molecular weight excluding hydrogens is 349 g/mol. The van der Waals surface area contributed by atoms with Gasteiger partial charge in [-0.25, -0.2) is 4.98 Å². The van der Waals surface area contributed by atoms with Crippen molar-refractivity contribution in [3.63, 3.8) is 0 Å². The molecule has 0 aliphatic rings. The fourth-order valence-corrected chi connectivity index (χ4v) is 2.09. The number of nitrogens with zero attached hydrogens (tertiary/aromatic N) is 1. The second kappa shape index (κ2) is 5.85. The summed E-state index contributed by atoms with van der Waals surface area (Å²) in [7, 11) is 0. The first-order valence-electron chi connectivity index (χ1n) is 5.89. The van der Waals surface area contributed by atoms with Crippen LogP contribution in [0.2, 0.25) is 0 Å². The highest BCUT2D eigenvalue weighted by Gasteiger charge is 2.31. The van der Waals surface area contributed by atoms with Crippen molar-refractivity contribution >= 4 is 27.7 Å². The highest BCUT2D eigenvalue weighted by molar-refractivity contribution is 9.10. The van der Waals surface area contributed by atoms with Crippen LogP contribution in [0.5, 0.6) is 0 Å². The second-order valence-corrected chi connectivity index (χ2v) is 5.17. The van der Waals surface area contributed by atoms with E-state index in [9.17, 15) is 18.0 Å². The van der Waals surface area contributed by atoms with Gasteiger partial charge in [0, 0.05) is 10.7 Å². The molecule has 1 aromatic carbocycles. The first-order chi connectivity index (χ1) is 9.79. The Bertz CT molecular complexity index is 686. The van der Waals surface area contributed by atoms with Crippen LogP contribution in [0.4, 0.5) is 19.0 Å². The minimum atomic E-state index is -4.50. The molecule has 2 aromatic rings. The number of rotatable bonds is 2. The molecular formula is C14H10BrF3N2O. The standard InChI is InChI=1S/C14H10BrF3N2O/c1-8-3-2-6-19-12(8)20-13(21)10-7-9(14(16,17)18)4-5-11(10)15/h2-7H,1H3,(H,19,20,21). The molecule has 2 rings (SSSR count). The Balaban J connectivity index is 2.33. The number of carbonyl (C=O) groups excluding carboxylic acids is 1. The highest BCUT2D eigenvalue weighted by atomic mass is 79.9. The Morgan fingerprint density at radius 1 is 1.29 bits per heavy atom. The van der Waals surface area contributed by atoms with Crippen molar-refractivity contribution in [2.75, 3.05) is 5.32 Å². The monoisotopic (exact) mass is 358 g/mol. The van der Waals surface area contributed by atoms with Crippen LogP contribution in [0.1, 0.15) is 21.5 Å². The molecule has 1 N–H and O–H groups in total. The molecule has 21 heavy (non-hydrogen) atoms. The van der Waals surface area contributed by atoms with E-state index in [1.54, 1.807) is 19.1 Å². The fraction of sp³-hybridized carbons (Fsp3) is 0.143. The number of hydrogen-bond acceptors (Lipinski definition) is 2. The second-order valence-electron chi connectivity index (χ2n) is 4.32. The summed E-state index contributed by atoms with van der Waals surface area (Å²) in [6, 6.07) is 6.35. The average molecular weight is 359 g/mol. The molecule has 1 heterocycles. The Hall–Kier alpha value is -1.89. The van der Waals surface area contributed by atoms with Crippen LogP contribution >= 0.6 is 15.9 Å². The molecule has 3 nitrogen and oxygen atoms in total. The topological polar surface area (TPSA) is 42.0 Å². The van der Waals surface area contributed by atoms with Gasteiger partial charge in [0.25, 0.3) is 5.91 Å². The first-order valence-corrected chi connectivity index (χ1v) is 6.68. The minimum Gasteiger partial charge on any atom is -0.306 e. The molecule has 0 spiro atoms. The van der Waals surface area contributed by atoms with Gasteiger partial charge in [0.1, 0.15) is 5.82 Å². The Kier molecular flexibility index (Phi) is 4.32. The molecule has 0 saturated heterocycles. The Labute approximate surface area is 127 Å². The van der Waals surface area contributed by atoms with Gasteiger partial charge in [0.05, 0.1) is 11.1 Å². The SMILES string of the molecule is Cc1cccnc1NC(=O)c1cc(C(F)(F)F)ccc1Br. The van der Waals surface area contributed by atoms with Crippen molar-refractivity contribution in [3.05, 3.63) is 57.7 Å². The zero-order chi connectivity index (χ0) is 15.6. The van der Waals surface area contributed by atoms with Crippen molar-refractivity contribution < 1.29 is 18.0 Å². The van der Waals surface area contributed by atoms with E-state index in [0.717, 1.165) is 12.1 Å². The van der Waals surface area contributed by atoms with E-state index in [4.69, 9.17) is 0 Å². The lowest BCUT2D eigenvalue weighted by atomic mass is 10.1. The number of aryl methyl sites for hydroxylation is 1. The van der Waals surface area contributed by atoms with Crippen molar-refractivity contribution in [2.24, 2.45) is 0 Å². The van der Waals surface area contributed by atoms with Crippen LogP contribution in [-0.4, -0.2) is 10.9 Å². The summed E-state index contributed by atoms with van der Waals surface area (Å²) in [4.78, 5) is 16.1. The van der Waals surface area contributed by atoms with Gasteiger partial charge >= 0.3 is 6.18 Å². The number of aromatic nitrogens is 1. The molecule has 0 radical (unpaired) electrons. The fourth-order valence-electron chi connectivity index (χ4n) is 1.67. The van der Waals surface area contributed by atoms with Crippen molar-refractivity contribution in [1.29, 1.82) is 0 Å².